The van der Waals surface area contributed by atoms with E-state index in [0.29, 0.717) is 29.0 Å². The van der Waals surface area contributed by atoms with E-state index < -0.39 is 0 Å². The van der Waals surface area contributed by atoms with Crippen LogP contribution < -0.4 is 0 Å². The van der Waals surface area contributed by atoms with Crippen LogP contribution in [0.2, 0.25) is 0 Å². The van der Waals surface area contributed by atoms with Gasteiger partial charge in [0.15, 0.2) is 0 Å². The summed E-state index contributed by atoms with van der Waals surface area (Å²) in [6, 6.07) is 4.09. The quantitative estimate of drug-likeness (QED) is 0.910. The van der Waals surface area contributed by atoms with Crippen molar-refractivity contribution in [3.05, 3.63) is 34.1 Å². The van der Waals surface area contributed by atoms with E-state index in [0.717, 1.165) is 12.8 Å². The molecule has 0 unspecified atom stereocenters. The van der Waals surface area contributed by atoms with E-state index in [2.05, 4.69) is 15.9 Å². The summed E-state index contributed by atoms with van der Waals surface area (Å²) in [5, 5.41) is 9.05. The number of carbonyl (C=O) groups is 1. The van der Waals surface area contributed by atoms with Crippen LogP contribution in [0.1, 0.15) is 23.2 Å². The highest BCUT2D eigenvalue weighted by Gasteiger charge is 2.24. The number of piperidine rings is 1. The van der Waals surface area contributed by atoms with Gasteiger partial charge < -0.3 is 10.0 Å². The number of halogens is 2. The maximum atomic E-state index is 13.0. The fourth-order valence-corrected chi connectivity index (χ4v) is 2.67. The molecule has 0 aliphatic carbocycles. The van der Waals surface area contributed by atoms with Gasteiger partial charge >= 0.3 is 0 Å². The predicted octanol–water partition coefficient (Wildman–Crippen LogP) is 2.43. The van der Waals surface area contributed by atoms with E-state index in [1.54, 1.807) is 4.90 Å². The van der Waals surface area contributed by atoms with Gasteiger partial charge in [0, 0.05) is 24.2 Å². The summed E-state index contributed by atoms with van der Waals surface area (Å²) in [7, 11) is 0. The first kappa shape index (κ1) is 13.5. The molecule has 1 amide bonds. The molecule has 0 saturated carbocycles. The number of aliphatic hydroxyl groups is 1. The third-order valence-corrected chi connectivity index (χ3v) is 3.98. The summed E-state index contributed by atoms with van der Waals surface area (Å²) in [4.78, 5) is 14.0. The first-order valence-electron chi connectivity index (χ1n) is 5.97. The molecule has 2 rings (SSSR count). The van der Waals surface area contributed by atoms with Crippen LogP contribution in [0.25, 0.3) is 0 Å². The second-order valence-corrected chi connectivity index (χ2v) is 5.40. The Kier molecular flexibility index (Phi) is 4.35. The molecular formula is C13H15BrFNO2. The average molecular weight is 316 g/mol. The molecule has 1 aliphatic heterocycles. The van der Waals surface area contributed by atoms with Gasteiger partial charge in [-0.3, -0.25) is 4.79 Å². The van der Waals surface area contributed by atoms with E-state index in [4.69, 9.17) is 5.11 Å². The maximum Gasteiger partial charge on any atom is 0.255 e. The second-order valence-electron chi connectivity index (χ2n) is 4.54. The molecule has 1 aromatic rings. The zero-order valence-electron chi connectivity index (χ0n) is 9.90. The minimum absolute atomic E-state index is 0.0849. The first-order valence-corrected chi connectivity index (χ1v) is 6.76. The number of hydrogen-bond acceptors (Lipinski definition) is 2. The lowest BCUT2D eigenvalue weighted by atomic mass is 9.97. The molecule has 98 valence electrons. The average Bonchev–Trinajstić information content (AvgIpc) is 2.38. The Morgan fingerprint density at radius 1 is 1.44 bits per heavy atom. The Bertz CT molecular complexity index is 445. The highest BCUT2D eigenvalue weighted by molar-refractivity contribution is 9.10. The predicted molar refractivity (Wildman–Crippen MR) is 69.8 cm³/mol. The fraction of sp³-hybridized carbons (Fsp3) is 0.462. The molecule has 0 bridgehead atoms. The Balaban J connectivity index is 2.08. The number of aliphatic hydroxyl groups excluding tert-OH is 1. The van der Waals surface area contributed by atoms with E-state index in [9.17, 15) is 9.18 Å². The van der Waals surface area contributed by atoms with Gasteiger partial charge in [0.25, 0.3) is 5.91 Å². The van der Waals surface area contributed by atoms with Crippen molar-refractivity contribution in [1.29, 1.82) is 0 Å². The van der Waals surface area contributed by atoms with Crippen molar-refractivity contribution in [3.63, 3.8) is 0 Å². The number of benzene rings is 1. The molecule has 1 aromatic carbocycles. The van der Waals surface area contributed by atoms with Gasteiger partial charge in [0.05, 0.1) is 5.56 Å². The van der Waals surface area contributed by atoms with E-state index >= 15 is 0 Å². The van der Waals surface area contributed by atoms with Gasteiger partial charge in [0.2, 0.25) is 0 Å². The van der Waals surface area contributed by atoms with Crippen LogP contribution in [-0.4, -0.2) is 35.6 Å². The van der Waals surface area contributed by atoms with Crippen molar-refractivity contribution in [3.8, 4) is 0 Å². The molecule has 0 radical (unpaired) electrons. The van der Waals surface area contributed by atoms with Gasteiger partial charge in [-0.1, -0.05) is 0 Å². The van der Waals surface area contributed by atoms with Crippen LogP contribution in [0.15, 0.2) is 22.7 Å². The van der Waals surface area contributed by atoms with Crippen molar-refractivity contribution < 1.29 is 14.3 Å². The van der Waals surface area contributed by atoms with Gasteiger partial charge in [-0.25, -0.2) is 4.39 Å². The summed E-state index contributed by atoms with van der Waals surface area (Å²) < 4.78 is 13.5. The summed E-state index contributed by atoms with van der Waals surface area (Å²) in [6.07, 6.45) is 1.64. The molecule has 1 saturated heterocycles. The van der Waals surface area contributed by atoms with Crippen molar-refractivity contribution in [1.82, 2.24) is 4.90 Å². The summed E-state index contributed by atoms with van der Waals surface area (Å²) in [6.45, 7) is 1.48. The second kappa shape index (κ2) is 5.80. The smallest absolute Gasteiger partial charge is 0.255 e. The van der Waals surface area contributed by atoms with Crippen LogP contribution in [-0.2, 0) is 0 Å². The molecule has 1 N–H and O–H groups in total. The minimum atomic E-state index is -0.364. The summed E-state index contributed by atoms with van der Waals surface area (Å²) in [5.41, 5.74) is 0.485. The first-order chi connectivity index (χ1) is 8.61. The maximum absolute atomic E-state index is 13.0. The largest absolute Gasteiger partial charge is 0.396 e. The van der Waals surface area contributed by atoms with Gasteiger partial charge in [-0.15, -0.1) is 0 Å². The SMILES string of the molecule is O=C(c1ccc(F)cc1Br)N1CCC(CO)CC1. The molecule has 0 atom stereocenters. The number of rotatable bonds is 2. The molecule has 0 spiro atoms. The molecule has 0 aromatic heterocycles. The van der Waals surface area contributed by atoms with Crippen LogP contribution in [0, 0.1) is 11.7 Å². The van der Waals surface area contributed by atoms with Crippen LogP contribution in [0.5, 0.6) is 0 Å². The topological polar surface area (TPSA) is 40.5 Å². The van der Waals surface area contributed by atoms with Crippen LogP contribution in [0.3, 0.4) is 0 Å². The Morgan fingerprint density at radius 2 is 2.11 bits per heavy atom. The van der Waals surface area contributed by atoms with Crippen LogP contribution in [0.4, 0.5) is 4.39 Å². The highest BCUT2D eigenvalue weighted by atomic mass is 79.9. The van der Waals surface area contributed by atoms with Crippen molar-refractivity contribution in [2.45, 2.75) is 12.8 Å². The van der Waals surface area contributed by atoms with Crippen molar-refractivity contribution in [2.24, 2.45) is 5.92 Å². The zero-order valence-corrected chi connectivity index (χ0v) is 11.5. The Morgan fingerprint density at radius 3 is 2.67 bits per heavy atom. The number of amides is 1. The van der Waals surface area contributed by atoms with E-state index in [1.165, 1.54) is 18.2 Å². The van der Waals surface area contributed by atoms with E-state index in [-0.39, 0.29) is 18.3 Å². The minimum Gasteiger partial charge on any atom is -0.396 e. The molecule has 5 heteroatoms. The monoisotopic (exact) mass is 315 g/mol. The standard InChI is InChI=1S/C13H15BrFNO2/c14-12-7-10(15)1-2-11(12)13(18)16-5-3-9(8-17)4-6-16/h1-2,7,9,17H,3-6,8H2. The molecule has 3 nitrogen and oxygen atoms in total. The van der Waals surface area contributed by atoms with Crippen molar-refractivity contribution >= 4 is 21.8 Å². The number of likely N-dealkylation sites (tertiary alicyclic amines) is 1. The zero-order chi connectivity index (χ0) is 13.1. The number of carbonyl (C=O) groups excluding carboxylic acids is 1. The van der Waals surface area contributed by atoms with Gasteiger partial charge in [-0.05, 0) is 52.9 Å². The lowest BCUT2D eigenvalue weighted by Gasteiger charge is -2.31. The molecule has 1 fully saturated rings. The Labute approximate surface area is 114 Å². The third-order valence-electron chi connectivity index (χ3n) is 3.32. The lowest BCUT2D eigenvalue weighted by molar-refractivity contribution is 0.0650. The number of nitrogens with zero attached hydrogens (tertiary/aromatic N) is 1. The summed E-state index contributed by atoms with van der Waals surface area (Å²) >= 11 is 3.21. The lowest BCUT2D eigenvalue weighted by Crippen LogP contribution is -2.39. The highest BCUT2D eigenvalue weighted by Crippen LogP contribution is 2.23. The van der Waals surface area contributed by atoms with Crippen LogP contribution >= 0.6 is 15.9 Å². The fourth-order valence-electron chi connectivity index (χ4n) is 2.15. The van der Waals surface area contributed by atoms with Gasteiger partial charge in [-0.2, -0.15) is 0 Å². The van der Waals surface area contributed by atoms with E-state index in [1.807, 2.05) is 0 Å². The van der Waals surface area contributed by atoms with Gasteiger partial charge in [0.1, 0.15) is 5.82 Å². The summed E-state index contributed by atoms with van der Waals surface area (Å²) in [5.74, 6) is -0.151. The molecular weight excluding hydrogens is 301 g/mol. The molecule has 18 heavy (non-hydrogen) atoms. The normalized spacial score (nSPS) is 16.9. The third kappa shape index (κ3) is 2.90. The van der Waals surface area contributed by atoms with Crippen molar-refractivity contribution in [2.75, 3.05) is 19.7 Å². The molecule has 1 heterocycles. The number of hydrogen-bond donors (Lipinski definition) is 1. The molecule has 1 aliphatic rings. The Hall–Kier alpha value is -0.940.